The van der Waals surface area contributed by atoms with Crippen molar-refractivity contribution in [1.29, 1.82) is 0 Å². The van der Waals surface area contributed by atoms with E-state index in [0.29, 0.717) is 5.75 Å². The molecule has 2 heterocycles. The minimum atomic E-state index is -0.165. The molecular weight excluding hydrogens is 346 g/mol. The van der Waals surface area contributed by atoms with E-state index in [0.717, 1.165) is 22.6 Å². The number of amides is 1. The highest BCUT2D eigenvalue weighted by Gasteiger charge is 2.60. The highest BCUT2D eigenvalue weighted by Crippen LogP contribution is 2.57. The van der Waals surface area contributed by atoms with Gasteiger partial charge in [0.1, 0.15) is 30.0 Å². The van der Waals surface area contributed by atoms with Crippen molar-refractivity contribution >= 4 is 5.91 Å². The molecule has 1 N–H and O–H groups in total. The van der Waals surface area contributed by atoms with Crippen LogP contribution in [0.3, 0.4) is 0 Å². The number of fused-ring (bicyclic) bond motifs is 5. The number of carbonyl (C=O) groups excluding carboxylic acids is 1. The van der Waals surface area contributed by atoms with Crippen LogP contribution in [-0.4, -0.2) is 45.0 Å². The molecule has 1 saturated heterocycles. The lowest BCUT2D eigenvalue weighted by Crippen LogP contribution is -2.52. The molecule has 2 aliphatic heterocycles. The van der Waals surface area contributed by atoms with E-state index in [4.69, 9.17) is 18.9 Å². The first-order valence-corrected chi connectivity index (χ1v) is 9.09. The maximum absolute atomic E-state index is 12.0. The lowest BCUT2D eigenvalue weighted by atomic mass is 9.90. The molecule has 1 aliphatic carbocycles. The monoisotopic (exact) mass is 367 g/mol. The van der Waals surface area contributed by atoms with Gasteiger partial charge in [0.25, 0.3) is 0 Å². The average molecular weight is 367 g/mol. The molecule has 0 aromatic heterocycles. The quantitative estimate of drug-likeness (QED) is 0.901. The third-order valence-corrected chi connectivity index (χ3v) is 5.85. The molecular formula is C21H21NO5. The summed E-state index contributed by atoms with van der Waals surface area (Å²) in [5, 5.41) is 3.14. The molecule has 0 radical (unpaired) electrons. The molecule has 5 atom stereocenters. The smallest absolute Gasteiger partial charge is 0.246 e. The molecule has 2 aromatic carbocycles. The van der Waals surface area contributed by atoms with Crippen molar-refractivity contribution in [1.82, 2.24) is 5.32 Å². The largest absolute Gasteiger partial charge is 0.496 e. The van der Waals surface area contributed by atoms with Crippen molar-refractivity contribution in [2.45, 2.75) is 30.1 Å². The Labute approximate surface area is 157 Å². The van der Waals surface area contributed by atoms with Crippen LogP contribution in [0.2, 0.25) is 0 Å². The Morgan fingerprint density at radius 1 is 1.04 bits per heavy atom. The van der Waals surface area contributed by atoms with Crippen LogP contribution in [0.15, 0.2) is 42.5 Å². The molecule has 1 amide bonds. The molecule has 0 bridgehead atoms. The number of morpholine rings is 1. The Morgan fingerprint density at radius 2 is 1.85 bits per heavy atom. The lowest BCUT2D eigenvalue weighted by molar-refractivity contribution is -0.136. The number of ether oxygens (including phenoxy) is 4. The van der Waals surface area contributed by atoms with Gasteiger partial charge in [0, 0.05) is 23.6 Å². The van der Waals surface area contributed by atoms with Crippen molar-refractivity contribution in [2.75, 3.05) is 20.8 Å². The number of nitrogens with one attached hydrogen (secondary N) is 1. The second-order valence-corrected chi connectivity index (χ2v) is 7.16. The summed E-state index contributed by atoms with van der Waals surface area (Å²) in [6.45, 7) is 0.0691. The van der Waals surface area contributed by atoms with Gasteiger partial charge in [0.15, 0.2) is 0 Å². The molecule has 2 fully saturated rings. The number of hydrogen-bond acceptors (Lipinski definition) is 5. The maximum atomic E-state index is 12.0. The van der Waals surface area contributed by atoms with Crippen LogP contribution in [-0.2, 0) is 9.53 Å². The van der Waals surface area contributed by atoms with Gasteiger partial charge in [-0.3, -0.25) is 4.79 Å². The summed E-state index contributed by atoms with van der Waals surface area (Å²) in [4.78, 5) is 12.0. The van der Waals surface area contributed by atoms with Gasteiger partial charge in [0.2, 0.25) is 5.91 Å². The zero-order valence-corrected chi connectivity index (χ0v) is 15.2. The minimum absolute atomic E-state index is 0.00597. The molecule has 27 heavy (non-hydrogen) atoms. The van der Waals surface area contributed by atoms with Crippen LogP contribution < -0.4 is 19.5 Å². The molecule has 4 unspecified atom stereocenters. The number of carbonyl (C=O) groups is 1. The van der Waals surface area contributed by atoms with Crippen molar-refractivity contribution < 1.29 is 23.7 Å². The summed E-state index contributed by atoms with van der Waals surface area (Å²) in [6.07, 6.45) is -0.307. The van der Waals surface area contributed by atoms with Crippen molar-refractivity contribution in [3.8, 4) is 17.2 Å². The van der Waals surface area contributed by atoms with Gasteiger partial charge in [-0.2, -0.15) is 0 Å². The van der Waals surface area contributed by atoms with Gasteiger partial charge in [-0.15, -0.1) is 0 Å². The number of methoxy groups -OCH3 is 2. The van der Waals surface area contributed by atoms with E-state index >= 15 is 0 Å². The Bertz CT molecular complexity index is 884. The van der Waals surface area contributed by atoms with Gasteiger partial charge >= 0.3 is 0 Å². The summed E-state index contributed by atoms with van der Waals surface area (Å²) in [7, 11) is 3.27. The van der Waals surface area contributed by atoms with E-state index in [9.17, 15) is 4.79 Å². The lowest BCUT2D eigenvalue weighted by Gasteiger charge is -2.32. The second-order valence-electron chi connectivity index (χ2n) is 7.16. The molecule has 1 saturated carbocycles. The normalized spacial score (nSPS) is 30.6. The first-order chi connectivity index (χ1) is 13.2. The van der Waals surface area contributed by atoms with E-state index in [1.54, 1.807) is 14.2 Å². The van der Waals surface area contributed by atoms with Gasteiger partial charge in [-0.05, 0) is 5.56 Å². The highest BCUT2D eigenvalue weighted by atomic mass is 16.5. The third kappa shape index (κ3) is 2.40. The first-order valence-electron chi connectivity index (χ1n) is 9.09. The first kappa shape index (κ1) is 16.4. The predicted molar refractivity (Wildman–Crippen MR) is 97.6 cm³/mol. The molecule has 6 heteroatoms. The zero-order valence-electron chi connectivity index (χ0n) is 15.2. The van der Waals surface area contributed by atoms with E-state index in [1.807, 2.05) is 30.3 Å². The Kier molecular flexibility index (Phi) is 3.75. The highest BCUT2D eigenvalue weighted by molar-refractivity contribution is 5.79. The van der Waals surface area contributed by atoms with Crippen molar-refractivity contribution in [3.63, 3.8) is 0 Å². The summed E-state index contributed by atoms with van der Waals surface area (Å²) in [6, 6.07) is 13.8. The van der Waals surface area contributed by atoms with Crippen molar-refractivity contribution in [2.24, 2.45) is 0 Å². The summed E-state index contributed by atoms with van der Waals surface area (Å²) >= 11 is 0. The van der Waals surface area contributed by atoms with Crippen LogP contribution in [0.25, 0.3) is 0 Å². The molecule has 6 nitrogen and oxygen atoms in total. The number of rotatable bonds is 3. The van der Waals surface area contributed by atoms with E-state index in [-0.39, 0.29) is 42.6 Å². The minimum Gasteiger partial charge on any atom is -0.496 e. The van der Waals surface area contributed by atoms with Crippen LogP contribution in [0.5, 0.6) is 17.2 Å². The fourth-order valence-electron chi connectivity index (χ4n) is 4.80. The number of benzene rings is 2. The molecule has 3 aliphatic rings. The predicted octanol–water partition coefficient (Wildman–Crippen LogP) is 2.23. The van der Waals surface area contributed by atoms with Crippen LogP contribution in [0.1, 0.15) is 23.0 Å². The molecule has 2 aromatic rings. The standard InChI is InChI=1S/C21H21NO5/c1-24-12-8-13(25-2)17-14(9-12)27-20-16(11-6-4-3-5-7-11)19-21(18(17)20)26-10-15(23)22-19/h3-9,16,18-21H,10H2,1-2H3,(H,22,23)/t16-,18?,19?,20?,21?/m1/s1. The number of hydrogen-bond donors (Lipinski definition) is 1. The third-order valence-electron chi connectivity index (χ3n) is 5.85. The van der Waals surface area contributed by atoms with E-state index < -0.39 is 0 Å². The Morgan fingerprint density at radius 3 is 2.59 bits per heavy atom. The Balaban J connectivity index is 1.64. The topological polar surface area (TPSA) is 66.0 Å². The summed E-state index contributed by atoms with van der Waals surface area (Å²) in [5.74, 6) is 2.08. The van der Waals surface area contributed by atoms with E-state index in [1.165, 1.54) is 0 Å². The Hall–Kier alpha value is -2.73. The average Bonchev–Trinajstić information content (AvgIpc) is 3.21. The van der Waals surface area contributed by atoms with Gasteiger partial charge in [0.05, 0.1) is 32.3 Å². The molecule has 140 valence electrons. The van der Waals surface area contributed by atoms with E-state index in [2.05, 4.69) is 17.4 Å². The van der Waals surface area contributed by atoms with Gasteiger partial charge < -0.3 is 24.3 Å². The molecule has 5 rings (SSSR count). The molecule has 0 spiro atoms. The van der Waals surface area contributed by atoms with Crippen LogP contribution in [0, 0.1) is 0 Å². The summed E-state index contributed by atoms with van der Waals surface area (Å²) in [5.41, 5.74) is 2.12. The van der Waals surface area contributed by atoms with Crippen molar-refractivity contribution in [3.05, 3.63) is 53.6 Å². The fraction of sp³-hybridized carbons (Fsp3) is 0.381. The SMILES string of the molecule is COc1cc(OC)c2c(c1)OC1C2C2OCC(=O)NC2[C@H]1c1ccccc1. The van der Waals surface area contributed by atoms with Gasteiger partial charge in [-0.1, -0.05) is 30.3 Å². The fourth-order valence-corrected chi connectivity index (χ4v) is 4.80. The van der Waals surface area contributed by atoms with Crippen LogP contribution >= 0.6 is 0 Å². The zero-order chi connectivity index (χ0) is 18.5. The second kappa shape index (κ2) is 6.16. The van der Waals surface area contributed by atoms with Gasteiger partial charge in [-0.25, -0.2) is 0 Å². The van der Waals surface area contributed by atoms with Crippen LogP contribution in [0.4, 0.5) is 0 Å². The summed E-state index contributed by atoms with van der Waals surface area (Å²) < 4.78 is 23.5. The maximum Gasteiger partial charge on any atom is 0.246 e.